The van der Waals surface area contributed by atoms with Crippen LogP contribution in [0.25, 0.3) is 6.08 Å². The number of hydrogen-bond acceptors (Lipinski definition) is 4. The monoisotopic (exact) mass is 389 g/mol. The van der Waals surface area contributed by atoms with Gasteiger partial charge in [0.2, 0.25) is 0 Å². The van der Waals surface area contributed by atoms with Gasteiger partial charge >= 0.3 is 0 Å². The molecule has 3 aromatic rings. The second-order valence-electron chi connectivity index (χ2n) is 5.84. The van der Waals surface area contributed by atoms with Crippen molar-refractivity contribution in [2.75, 3.05) is 4.90 Å². The zero-order chi connectivity index (χ0) is 18.6. The van der Waals surface area contributed by atoms with E-state index in [-0.39, 0.29) is 5.91 Å². The highest BCUT2D eigenvalue weighted by Crippen LogP contribution is 2.36. The minimum absolute atomic E-state index is 0.106. The van der Waals surface area contributed by atoms with E-state index in [9.17, 15) is 4.79 Å². The fourth-order valence-corrected chi connectivity index (χ4v) is 4.01. The predicted octanol–water partition coefficient (Wildman–Crippen LogP) is 5.88. The van der Waals surface area contributed by atoms with Gasteiger partial charge in [0.15, 0.2) is 4.32 Å². The third-order valence-corrected chi connectivity index (χ3v) is 5.25. The highest BCUT2D eigenvalue weighted by Gasteiger charge is 2.33. The normalized spacial score (nSPS) is 15.4. The average molecular weight is 390 g/mol. The topological polar surface area (TPSA) is 29.5 Å². The van der Waals surface area contributed by atoms with Crippen LogP contribution in [0, 0.1) is 0 Å². The lowest BCUT2D eigenvalue weighted by Crippen LogP contribution is -2.27. The molecule has 0 aromatic heterocycles. The molecule has 0 atom stereocenters. The molecule has 1 saturated heterocycles. The van der Waals surface area contributed by atoms with Gasteiger partial charge in [0.05, 0.1) is 10.6 Å². The lowest BCUT2D eigenvalue weighted by molar-refractivity contribution is -0.113. The zero-order valence-electron chi connectivity index (χ0n) is 14.2. The van der Waals surface area contributed by atoms with Gasteiger partial charge in [0, 0.05) is 0 Å². The van der Waals surface area contributed by atoms with E-state index in [4.69, 9.17) is 17.0 Å². The van der Waals surface area contributed by atoms with Crippen molar-refractivity contribution in [2.45, 2.75) is 0 Å². The highest BCUT2D eigenvalue weighted by atomic mass is 32.2. The third kappa shape index (κ3) is 3.94. The highest BCUT2D eigenvalue weighted by molar-refractivity contribution is 8.27. The molecule has 0 unspecified atom stereocenters. The molecule has 1 aliphatic rings. The lowest BCUT2D eigenvalue weighted by Gasteiger charge is -2.13. The number of hydrogen-bond donors (Lipinski definition) is 0. The van der Waals surface area contributed by atoms with E-state index < -0.39 is 0 Å². The van der Waals surface area contributed by atoms with Crippen LogP contribution >= 0.6 is 24.0 Å². The molecule has 1 aliphatic heterocycles. The van der Waals surface area contributed by atoms with Gasteiger partial charge in [-0.1, -0.05) is 72.5 Å². The molecule has 0 N–H and O–H groups in total. The molecule has 0 bridgehead atoms. The Morgan fingerprint density at radius 3 is 2.26 bits per heavy atom. The summed E-state index contributed by atoms with van der Waals surface area (Å²) >= 11 is 6.72. The Labute approximate surface area is 167 Å². The number of carbonyl (C=O) groups excluding carboxylic acids is 1. The molecule has 0 radical (unpaired) electrons. The Hall–Kier alpha value is -2.89. The molecule has 132 valence electrons. The summed E-state index contributed by atoms with van der Waals surface area (Å²) in [4.78, 5) is 15.0. The van der Waals surface area contributed by atoms with Crippen LogP contribution in [0.4, 0.5) is 5.69 Å². The van der Waals surface area contributed by atoms with Crippen LogP contribution in [-0.2, 0) is 4.79 Å². The SMILES string of the molecule is O=C1/C(=C/c2cccc(Oc3ccccc3)c2)SC(=S)N1c1ccccc1. The summed E-state index contributed by atoms with van der Waals surface area (Å²) in [6.07, 6.45) is 1.85. The van der Waals surface area contributed by atoms with Crippen LogP contribution < -0.4 is 9.64 Å². The van der Waals surface area contributed by atoms with Crippen molar-refractivity contribution < 1.29 is 9.53 Å². The summed E-state index contributed by atoms with van der Waals surface area (Å²) in [5.41, 5.74) is 1.67. The molecule has 3 aromatic carbocycles. The summed E-state index contributed by atoms with van der Waals surface area (Å²) in [6, 6.07) is 26.7. The smallest absolute Gasteiger partial charge is 0.270 e. The van der Waals surface area contributed by atoms with E-state index in [0.29, 0.717) is 15.0 Å². The second-order valence-corrected chi connectivity index (χ2v) is 7.52. The summed E-state index contributed by atoms with van der Waals surface area (Å²) in [5.74, 6) is 1.38. The van der Waals surface area contributed by atoms with Crippen molar-refractivity contribution in [3.8, 4) is 11.5 Å². The Balaban J connectivity index is 1.58. The largest absolute Gasteiger partial charge is 0.457 e. The van der Waals surface area contributed by atoms with Gasteiger partial charge in [-0.25, -0.2) is 0 Å². The molecular weight excluding hydrogens is 374 g/mol. The number of benzene rings is 3. The maximum atomic E-state index is 12.8. The van der Waals surface area contributed by atoms with E-state index >= 15 is 0 Å². The minimum Gasteiger partial charge on any atom is -0.457 e. The maximum Gasteiger partial charge on any atom is 0.270 e. The Morgan fingerprint density at radius 1 is 0.852 bits per heavy atom. The van der Waals surface area contributed by atoms with Gasteiger partial charge in [-0.15, -0.1) is 0 Å². The van der Waals surface area contributed by atoms with Gasteiger partial charge < -0.3 is 4.74 Å². The fraction of sp³-hybridized carbons (Fsp3) is 0. The van der Waals surface area contributed by atoms with Crippen molar-refractivity contribution in [1.82, 2.24) is 0 Å². The molecule has 3 nitrogen and oxygen atoms in total. The molecule has 5 heteroatoms. The molecular formula is C22H15NO2S2. The van der Waals surface area contributed by atoms with Crippen LogP contribution in [0.5, 0.6) is 11.5 Å². The van der Waals surface area contributed by atoms with Crippen molar-refractivity contribution in [2.24, 2.45) is 0 Å². The number of amides is 1. The standard InChI is InChI=1S/C22H15NO2S2/c24-21-20(27-22(26)23(21)17-9-3-1-4-10-17)15-16-8-7-13-19(14-16)25-18-11-5-2-6-12-18/h1-15H/b20-15-. The number of rotatable bonds is 4. The minimum atomic E-state index is -0.106. The number of thioether (sulfide) groups is 1. The maximum absolute atomic E-state index is 12.8. The molecule has 0 spiro atoms. The van der Waals surface area contributed by atoms with Crippen LogP contribution in [0.3, 0.4) is 0 Å². The van der Waals surface area contributed by atoms with Gasteiger partial charge in [-0.05, 0) is 48.0 Å². The van der Waals surface area contributed by atoms with Crippen molar-refractivity contribution in [3.05, 3.63) is 95.4 Å². The van der Waals surface area contributed by atoms with Crippen LogP contribution in [0.1, 0.15) is 5.56 Å². The number of carbonyl (C=O) groups is 1. The molecule has 0 aliphatic carbocycles. The number of thiocarbonyl (C=S) groups is 1. The van der Waals surface area contributed by atoms with E-state index in [2.05, 4.69) is 0 Å². The summed E-state index contributed by atoms with van der Waals surface area (Å²) in [7, 11) is 0. The van der Waals surface area contributed by atoms with Gasteiger partial charge in [0.1, 0.15) is 11.5 Å². The van der Waals surface area contributed by atoms with Crippen molar-refractivity contribution in [3.63, 3.8) is 0 Å². The lowest BCUT2D eigenvalue weighted by atomic mass is 10.2. The number of ether oxygens (including phenoxy) is 1. The van der Waals surface area contributed by atoms with Crippen molar-refractivity contribution in [1.29, 1.82) is 0 Å². The first-order valence-electron chi connectivity index (χ1n) is 8.37. The Bertz CT molecular complexity index is 1020. The summed E-state index contributed by atoms with van der Waals surface area (Å²) in [5, 5.41) is 0. The van der Waals surface area contributed by atoms with E-state index in [1.54, 1.807) is 4.90 Å². The second kappa shape index (κ2) is 7.78. The number of nitrogens with zero attached hydrogens (tertiary/aromatic N) is 1. The first kappa shape index (κ1) is 17.5. The van der Waals surface area contributed by atoms with Crippen LogP contribution in [-0.4, -0.2) is 10.2 Å². The first-order valence-corrected chi connectivity index (χ1v) is 9.59. The molecule has 1 amide bonds. The summed E-state index contributed by atoms with van der Waals surface area (Å²) < 4.78 is 6.40. The number of para-hydroxylation sites is 2. The van der Waals surface area contributed by atoms with Gasteiger partial charge in [-0.3, -0.25) is 9.69 Å². The van der Waals surface area contributed by atoms with E-state index in [0.717, 1.165) is 17.0 Å². The van der Waals surface area contributed by atoms with Gasteiger partial charge in [-0.2, -0.15) is 0 Å². The van der Waals surface area contributed by atoms with E-state index in [1.807, 2.05) is 91.0 Å². The predicted molar refractivity (Wildman–Crippen MR) is 115 cm³/mol. The first-order chi connectivity index (χ1) is 13.2. The zero-order valence-corrected chi connectivity index (χ0v) is 15.9. The molecule has 27 heavy (non-hydrogen) atoms. The van der Waals surface area contributed by atoms with Gasteiger partial charge in [0.25, 0.3) is 5.91 Å². The third-order valence-electron chi connectivity index (χ3n) is 3.94. The van der Waals surface area contributed by atoms with Crippen LogP contribution in [0.15, 0.2) is 89.8 Å². The molecule has 4 rings (SSSR count). The average Bonchev–Trinajstić information content (AvgIpc) is 2.97. The Kier molecular flexibility index (Phi) is 5.05. The molecule has 1 fully saturated rings. The molecule has 1 heterocycles. The number of anilines is 1. The van der Waals surface area contributed by atoms with Crippen LogP contribution in [0.2, 0.25) is 0 Å². The fourth-order valence-electron chi connectivity index (χ4n) is 2.71. The van der Waals surface area contributed by atoms with E-state index in [1.165, 1.54) is 11.8 Å². The Morgan fingerprint density at radius 2 is 1.52 bits per heavy atom. The quantitative estimate of drug-likeness (QED) is 0.411. The molecule has 0 saturated carbocycles. The summed E-state index contributed by atoms with van der Waals surface area (Å²) in [6.45, 7) is 0. The van der Waals surface area contributed by atoms with Crippen molar-refractivity contribution >= 4 is 46.0 Å².